The van der Waals surface area contributed by atoms with E-state index in [2.05, 4.69) is 33.8 Å². The number of hydrogen-bond acceptors (Lipinski definition) is 1. The third-order valence-electron chi connectivity index (χ3n) is 2.91. The van der Waals surface area contributed by atoms with Gasteiger partial charge in [0.25, 0.3) is 0 Å². The van der Waals surface area contributed by atoms with Gasteiger partial charge in [0.05, 0.1) is 6.61 Å². The molecule has 1 nitrogen and oxygen atoms in total. The van der Waals surface area contributed by atoms with Gasteiger partial charge < -0.3 is 5.11 Å². The van der Waals surface area contributed by atoms with Crippen LogP contribution in [0.15, 0.2) is 6.07 Å². The molecule has 0 unspecified atom stereocenters. The molecule has 0 saturated heterocycles. The second-order valence-electron chi connectivity index (χ2n) is 3.59. The first-order valence-electron chi connectivity index (χ1n) is 4.81. The Labute approximate surface area is 80.4 Å². The second-order valence-corrected chi connectivity index (χ2v) is 3.59. The SMILES string of the molecule is CCc1c(CO)cc(C)c(C)c1C. The molecule has 72 valence electrons. The van der Waals surface area contributed by atoms with Crippen LogP contribution in [0.25, 0.3) is 0 Å². The highest BCUT2D eigenvalue weighted by atomic mass is 16.3. The van der Waals surface area contributed by atoms with E-state index < -0.39 is 0 Å². The molecular formula is C12H18O. The number of benzene rings is 1. The van der Waals surface area contributed by atoms with Crippen LogP contribution < -0.4 is 0 Å². The first kappa shape index (κ1) is 10.3. The molecule has 0 aliphatic rings. The summed E-state index contributed by atoms with van der Waals surface area (Å²) in [6, 6.07) is 2.10. The van der Waals surface area contributed by atoms with Gasteiger partial charge in [0.2, 0.25) is 0 Å². The van der Waals surface area contributed by atoms with E-state index in [-0.39, 0.29) is 6.61 Å². The van der Waals surface area contributed by atoms with Crippen molar-refractivity contribution in [2.45, 2.75) is 40.7 Å². The van der Waals surface area contributed by atoms with Crippen molar-refractivity contribution >= 4 is 0 Å². The lowest BCUT2D eigenvalue weighted by atomic mass is 9.92. The molecule has 1 aromatic rings. The van der Waals surface area contributed by atoms with E-state index in [1.165, 1.54) is 22.3 Å². The highest BCUT2D eigenvalue weighted by molar-refractivity contribution is 5.44. The quantitative estimate of drug-likeness (QED) is 0.738. The van der Waals surface area contributed by atoms with Crippen LogP contribution in [-0.2, 0) is 13.0 Å². The first-order valence-corrected chi connectivity index (χ1v) is 4.81. The van der Waals surface area contributed by atoms with Crippen molar-refractivity contribution in [2.24, 2.45) is 0 Å². The number of aryl methyl sites for hydroxylation is 1. The van der Waals surface area contributed by atoms with Gasteiger partial charge in [-0.2, -0.15) is 0 Å². The van der Waals surface area contributed by atoms with Crippen LogP contribution >= 0.6 is 0 Å². The van der Waals surface area contributed by atoms with Crippen molar-refractivity contribution in [3.8, 4) is 0 Å². The Bertz CT molecular complexity index is 313. The topological polar surface area (TPSA) is 20.2 Å². The Balaban J connectivity index is 3.39. The lowest BCUT2D eigenvalue weighted by Crippen LogP contribution is -2.00. The maximum absolute atomic E-state index is 9.19. The molecule has 0 radical (unpaired) electrons. The molecule has 1 N–H and O–H groups in total. The zero-order valence-electron chi connectivity index (χ0n) is 8.94. The van der Waals surface area contributed by atoms with E-state index in [9.17, 15) is 5.11 Å². The fourth-order valence-electron chi connectivity index (χ4n) is 1.85. The van der Waals surface area contributed by atoms with E-state index in [4.69, 9.17) is 0 Å². The average Bonchev–Trinajstić information content (AvgIpc) is 2.13. The number of aliphatic hydroxyl groups is 1. The molecule has 0 saturated carbocycles. The summed E-state index contributed by atoms with van der Waals surface area (Å²) in [5, 5.41) is 9.19. The molecular weight excluding hydrogens is 160 g/mol. The zero-order valence-corrected chi connectivity index (χ0v) is 8.94. The molecule has 0 aliphatic carbocycles. The highest BCUT2D eigenvalue weighted by Gasteiger charge is 2.07. The van der Waals surface area contributed by atoms with Gasteiger partial charge in [0.15, 0.2) is 0 Å². The van der Waals surface area contributed by atoms with Gasteiger partial charge in [-0.1, -0.05) is 13.0 Å². The summed E-state index contributed by atoms with van der Waals surface area (Å²) in [6.45, 7) is 8.67. The second kappa shape index (κ2) is 3.93. The zero-order chi connectivity index (χ0) is 10.0. The Kier molecular flexibility index (Phi) is 3.10. The summed E-state index contributed by atoms with van der Waals surface area (Å²) in [6.07, 6.45) is 1.00. The van der Waals surface area contributed by atoms with E-state index in [1.807, 2.05) is 0 Å². The summed E-state index contributed by atoms with van der Waals surface area (Å²) in [7, 11) is 0. The van der Waals surface area contributed by atoms with Crippen LogP contribution in [0, 0.1) is 20.8 Å². The third-order valence-corrected chi connectivity index (χ3v) is 2.91. The lowest BCUT2D eigenvalue weighted by Gasteiger charge is -2.14. The van der Waals surface area contributed by atoms with Gasteiger partial charge >= 0.3 is 0 Å². The fraction of sp³-hybridized carbons (Fsp3) is 0.500. The van der Waals surface area contributed by atoms with E-state index in [0.717, 1.165) is 12.0 Å². The predicted molar refractivity (Wildman–Crippen MR) is 56.0 cm³/mol. The van der Waals surface area contributed by atoms with Crippen LogP contribution in [0.4, 0.5) is 0 Å². The maximum atomic E-state index is 9.19. The van der Waals surface area contributed by atoms with Crippen molar-refractivity contribution in [3.05, 3.63) is 33.9 Å². The van der Waals surface area contributed by atoms with E-state index in [0.29, 0.717) is 0 Å². The molecule has 0 atom stereocenters. The number of hydrogen-bond donors (Lipinski definition) is 1. The van der Waals surface area contributed by atoms with Gasteiger partial charge in [-0.05, 0) is 55.0 Å². The lowest BCUT2D eigenvalue weighted by molar-refractivity contribution is 0.280. The number of aliphatic hydroxyl groups excluding tert-OH is 1. The molecule has 13 heavy (non-hydrogen) atoms. The maximum Gasteiger partial charge on any atom is 0.0684 e. The van der Waals surface area contributed by atoms with Gasteiger partial charge in [-0.25, -0.2) is 0 Å². The minimum Gasteiger partial charge on any atom is -0.392 e. The van der Waals surface area contributed by atoms with Gasteiger partial charge in [0, 0.05) is 0 Å². The van der Waals surface area contributed by atoms with Crippen LogP contribution in [-0.4, -0.2) is 5.11 Å². The molecule has 0 aliphatic heterocycles. The molecule has 1 aromatic carbocycles. The number of rotatable bonds is 2. The van der Waals surface area contributed by atoms with E-state index >= 15 is 0 Å². The largest absolute Gasteiger partial charge is 0.392 e. The minimum atomic E-state index is 0.158. The highest BCUT2D eigenvalue weighted by Crippen LogP contribution is 2.22. The smallest absolute Gasteiger partial charge is 0.0684 e. The molecule has 0 amide bonds. The van der Waals surface area contributed by atoms with Crippen LogP contribution in [0.1, 0.15) is 34.7 Å². The molecule has 0 aromatic heterocycles. The van der Waals surface area contributed by atoms with E-state index in [1.54, 1.807) is 0 Å². The van der Waals surface area contributed by atoms with Crippen molar-refractivity contribution < 1.29 is 5.11 Å². The van der Waals surface area contributed by atoms with Gasteiger partial charge in [0.1, 0.15) is 0 Å². The van der Waals surface area contributed by atoms with Crippen molar-refractivity contribution in [2.75, 3.05) is 0 Å². The summed E-state index contributed by atoms with van der Waals surface area (Å²) in [5.41, 5.74) is 6.37. The van der Waals surface area contributed by atoms with Crippen LogP contribution in [0.5, 0.6) is 0 Å². The minimum absolute atomic E-state index is 0.158. The van der Waals surface area contributed by atoms with Crippen molar-refractivity contribution in [3.63, 3.8) is 0 Å². The van der Waals surface area contributed by atoms with Gasteiger partial charge in [-0.3, -0.25) is 0 Å². The Hall–Kier alpha value is -0.820. The van der Waals surface area contributed by atoms with Crippen LogP contribution in [0.2, 0.25) is 0 Å². The van der Waals surface area contributed by atoms with Gasteiger partial charge in [-0.15, -0.1) is 0 Å². The molecule has 0 heterocycles. The van der Waals surface area contributed by atoms with Crippen LogP contribution in [0.3, 0.4) is 0 Å². The average molecular weight is 178 g/mol. The summed E-state index contributed by atoms with van der Waals surface area (Å²) in [4.78, 5) is 0. The summed E-state index contributed by atoms with van der Waals surface area (Å²) in [5.74, 6) is 0. The standard InChI is InChI=1S/C12H18O/c1-5-12-10(4)9(3)8(2)6-11(12)7-13/h6,13H,5,7H2,1-4H3. The Morgan fingerprint density at radius 3 is 2.23 bits per heavy atom. The molecule has 1 rings (SSSR count). The third kappa shape index (κ3) is 1.75. The van der Waals surface area contributed by atoms with Crippen molar-refractivity contribution in [1.29, 1.82) is 0 Å². The summed E-state index contributed by atoms with van der Waals surface area (Å²) < 4.78 is 0. The molecule has 0 spiro atoms. The molecule has 0 bridgehead atoms. The summed E-state index contributed by atoms with van der Waals surface area (Å²) >= 11 is 0. The Morgan fingerprint density at radius 1 is 1.15 bits per heavy atom. The monoisotopic (exact) mass is 178 g/mol. The van der Waals surface area contributed by atoms with Crippen molar-refractivity contribution in [1.82, 2.24) is 0 Å². The Morgan fingerprint density at radius 2 is 1.77 bits per heavy atom. The molecule has 0 fully saturated rings. The predicted octanol–water partition coefficient (Wildman–Crippen LogP) is 2.67. The normalized spacial score (nSPS) is 10.5. The first-order chi connectivity index (χ1) is 6.11. The fourth-order valence-corrected chi connectivity index (χ4v) is 1.85. The molecule has 1 heteroatoms.